The predicted octanol–water partition coefficient (Wildman–Crippen LogP) is 2.00. The van der Waals surface area contributed by atoms with Crippen molar-refractivity contribution in [3.05, 3.63) is 23.7 Å². The van der Waals surface area contributed by atoms with Gasteiger partial charge in [-0.3, -0.25) is 4.90 Å². The lowest BCUT2D eigenvalue weighted by Gasteiger charge is -2.27. The first-order chi connectivity index (χ1) is 8.79. The van der Waals surface area contributed by atoms with Crippen LogP contribution in [0.1, 0.15) is 30.6 Å². The van der Waals surface area contributed by atoms with E-state index in [4.69, 9.17) is 9.15 Å². The molecule has 102 valence electrons. The lowest BCUT2D eigenvalue weighted by atomic mass is 10.1. The summed E-state index contributed by atoms with van der Waals surface area (Å²) in [6.45, 7) is 3.62. The molecule has 0 saturated carbocycles. The van der Waals surface area contributed by atoms with Crippen molar-refractivity contribution in [3.63, 3.8) is 0 Å². The Bertz CT molecular complexity index is 345. The summed E-state index contributed by atoms with van der Waals surface area (Å²) in [4.78, 5) is 2.29. The summed E-state index contributed by atoms with van der Waals surface area (Å²) < 4.78 is 11.3. The third-order valence-electron chi connectivity index (χ3n) is 3.41. The van der Waals surface area contributed by atoms with E-state index in [2.05, 4.69) is 17.3 Å². The highest BCUT2D eigenvalue weighted by Crippen LogP contribution is 2.16. The number of nitrogens with zero attached hydrogens (tertiary/aromatic N) is 1. The normalized spacial score (nSPS) is 20.5. The van der Waals surface area contributed by atoms with Crippen LogP contribution in [0.15, 0.2) is 16.7 Å². The first-order valence-corrected chi connectivity index (χ1v) is 6.79. The first kappa shape index (κ1) is 13.6. The van der Waals surface area contributed by atoms with Gasteiger partial charge in [0, 0.05) is 25.3 Å². The van der Waals surface area contributed by atoms with E-state index in [1.165, 1.54) is 24.8 Å². The fourth-order valence-electron chi connectivity index (χ4n) is 2.46. The summed E-state index contributed by atoms with van der Waals surface area (Å²) >= 11 is 0. The molecule has 1 aliphatic rings. The van der Waals surface area contributed by atoms with Gasteiger partial charge in [-0.05, 0) is 39.4 Å². The van der Waals surface area contributed by atoms with Crippen molar-refractivity contribution in [2.45, 2.75) is 38.5 Å². The van der Waals surface area contributed by atoms with Gasteiger partial charge in [0.15, 0.2) is 0 Å². The number of furan rings is 1. The summed E-state index contributed by atoms with van der Waals surface area (Å²) in [7, 11) is 4.08. The van der Waals surface area contributed by atoms with Crippen LogP contribution in [-0.4, -0.2) is 38.3 Å². The lowest BCUT2D eigenvalue weighted by Crippen LogP contribution is -2.33. The van der Waals surface area contributed by atoms with E-state index in [0.29, 0.717) is 6.10 Å². The highest BCUT2D eigenvalue weighted by molar-refractivity contribution is 5.16. The molecule has 1 atom stereocenters. The molecule has 4 heteroatoms. The summed E-state index contributed by atoms with van der Waals surface area (Å²) in [5, 5.41) is 3.16. The van der Waals surface area contributed by atoms with Crippen molar-refractivity contribution in [1.82, 2.24) is 10.2 Å². The Kier molecular flexibility index (Phi) is 5.23. The zero-order valence-corrected chi connectivity index (χ0v) is 11.4. The molecular weight excluding hydrogens is 228 g/mol. The van der Waals surface area contributed by atoms with Crippen molar-refractivity contribution in [2.75, 3.05) is 27.2 Å². The van der Waals surface area contributed by atoms with Crippen LogP contribution in [0.25, 0.3) is 0 Å². The van der Waals surface area contributed by atoms with Crippen LogP contribution >= 0.6 is 0 Å². The molecule has 0 aliphatic carbocycles. The van der Waals surface area contributed by atoms with Crippen molar-refractivity contribution < 1.29 is 9.15 Å². The molecule has 1 aromatic heterocycles. The Balaban J connectivity index is 1.82. The van der Waals surface area contributed by atoms with Gasteiger partial charge in [0.25, 0.3) is 0 Å². The van der Waals surface area contributed by atoms with E-state index >= 15 is 0 Å². The Hall–Kier alpha value is -0.840. The highest BCUT2D eigenvalue weighted by Gasteiger charge is 2.17. The maximum absolute atomic E-state index is 5.76. The van der Waals surface area contributed by atoms with Crippen LogP contribution < -0.4 is 5.32 Å². The van der Waals surface area contributed by atoms with Crippen LogP contribution in [0, 0.1) is 0 Å². The predicted molar refractivity (Wildman–Crippen MR) is 71.4 cm³/mol. The average molecular weight is 252 g/mol. The van der Waals surface area contributed by atoms with Gasteiger partial charge in [0.05, 0.1) is 18.9 Å². The van der Waals surface area contributed by atoms with E-state index in [1.54, 1.807) is 6.26 Å². The van der Waals surface area contributed by atoms with Crippen molar-refractivity contribution in [1.29, 1.82) is 0 Å². The summed E-state index contributed by atoms with van der Waals surface area (Å²) in [6, 6.07) is 2.04. The number of hydrogen-bond acceptors (Lipinski definition) is 4. The van der Waals surface area contributed by atoms with Crippen molar-refractivity contribution in [3.8, 4) is 0 Å². The average Bonchev–Trinajstić information content (AvgIpc) is 2.78. The third kappa shape index (κ3) is 3.83. The molecule has 0 bridgehead atoms. The Morgan fingerprint density at radius 1 is 1.44 bits per heavy atom. The first-order valence-electron chi connectivity index (χ1n) is 6.79. The van der Waals surface area contributed by atoms with Crippen LogP contribution in [0.5, 0.6) is 0 Å². The zero-order chi connectivity index (χ0) is 12.8. The molecule has 0 amide bonds. The van der Waals surface area contributed by atoms with E-state index in [0.717, 1.165) is 32.0 Å². The summed E-state index contributed by atoms with van der Waals surface area (Å²) in [6.07, 6.45) is 5.86. The molecule has 1 fully saturated rings. The molecule has 0 radical (unpaired) electrons. The van der Waals surface area contributed by atoms with E-state index in [-0.39, 0.29) is 0 Å². The van der Waals surface area contributed by atoms with E-state index < -0.39 is 0 Å². The molecular formula is C14H24N2O2. The molecule has 0 spiro atoms. The van der Waals surface area contributed by atoms with E-state index in [1.807, 2.05) is 13.1 Å². The molecule has 0 aromatic carbocycles. The molecule has 2 rings (SSSR count). The maximum Gasteiger partial charge on any atom is 0.122 e. The number of ether oxygens (including phenoxy) is 1. The Morgan fingerprint density at radius 2 is 2.33 bits per heavy atom. The fraction of sp³-hybridized carbons (Fsp3) is 0.714. The monoisotopic (exact) mass is 252 g/mol. The van der Waals surface area contributed by atoms with Gasteiger partial charge in [0.1, 0.15) is 5.76 Å². The molecule has 1 aromatic rings. The third-order valence-corrected chi connectivity index (χ3v) is 3.41. The molecule has 2 heterocycles. The minimum Gasteiger partial charge on any atom is -0.468 e. The van der Waals surface area contributed by atoms with Gasteiger partial charge in [-0.25, -0.2) is 0 Å². The van der Waals surface area contributed by atoms with Crippen LogP contribution in [-0.2, 0) is 17.8 Å². The molecule has 1 aliphatic heterocycles. The molecule has 18 heavy (non-hydrogen) atoms. The molecule has 1 saturated heterocycles. The lowest BCUT2D eigenvalue weighted by molar-refractivity contribution is -0.00343. The fourth-order valence-corrected chi connectivity index (χ4v) is 2.46. The smallest absolute Gasteiger partial charge is 0.122 e. The number of nitrogens with one attached hydrogen (secondary N) is 1. The van der Waals surface area contributed by atoms with Gasteiger partial charge >= 0.3 is 0 Å². The summed E-state index contributed by atoms with van der Waals surface area (Å²) in [5.74, 6) is 1.06. The van der Waals surface area contributed by atoms with Gasteiger partial charge in [-0.15, -0.1) is 0 Å². The molecule has 1 N–H and O–H groups in total. The minimum atomic E-state index is 0.395. The van der Waals surface area contributed by atoms with Crippen LogP contribution in [0.2, 0.25) is 0 Å². The molecule has 1 unspecified atom stereocenters. The second-order valence-corrected chi connectivity index (χ2v) is 5.08. The number of hydrogen-bond donors (Lipinski definition) is 1. The van der Waals surface area contributed by atoms with Gasteiger partial charge < -0.3 is 14.5 Å². The van der Waals surface area contributed by atoms with Gasteiger partial charge in [0.2, 0.25) is 0 Å². The SMILES string of the molecule is CNCc1ccoc1CN(C)CC1CCCCO1. The highest BCUT2D eigenvalue weighted by atomic mass is 16.5. The standard InChI is InChI=1S/C14H24N2O2/c1-15-9-12-6-8-18-14(12)11-16(2)10-13-5-3-4-7-17-13/h6,8,13,15H,3-5,7,9-11H2,1-2H3. The van der Waals surface area contributed by atoms with Crippen LogP contribution in [0.3, 0.4) is 0 Å². The van der Waals surface area contributed by atoms with Crippen molar-refractivity contribution >= 4 is 0 Å². The Labute approximate surface area is 109 Å². The summed E-state index contributed by atoms with van der Waals surface area (Å²) in [5.41, 5.74) is 1.24. The second kappa shape index (κ2) is 6.92. The zero-order valence-electron chi connectivity index (χ0n) is 11.4. The van der Waals surface area contributed by atoms with E-state index in [9.17, 15) is 0 Å². The number of rotatable bonds is 6. The maximum atomic E-state index is 5.76. The van der Waals surface area contributed by atoms with Gasteiger partial charge in [-0.1, -0.05) is 0 Å². The van der Waals surface area contributed by atoms with Gasteiger partial charge in [-0.2, -0.15) is 0 Å². The largest absolute Gasteiger partial charge is 0.468 e. The number of likely N-dealkylation sites (N-methyl/N-ethyl adjacent to an activating group) is 1. The Morgan fingerprint density at radius 3 is 3.06 bits per heavy atom. The second-order valence-electron chi connectivity index (χ2n) is 5.08. The topological polar surface area (TPSA) is 37.6 Å². The van der Waals surface area contributed by atoms with Crippen LogP contribution in [0.4, 0.5) is 0 Å². The molecule has 4 nitrogen and oxygen atoms in total. The minimum absolute atomic E-state index is 0.395. The van der Waals surface area contributed by atoms with Crippen molar-refractivity contribution in [2.24, 2.45) is 0 Å². The quantitative estimate of drug-likeness (QED) is 0.840.